The van der Waals surface area contributed by atoms with Crippen molar-refractivity contribution in [2.75, 3.05) is 26.4 Å². The van der Waals surface area contributed by atoms with Crippen LogP contribution in [0, 0.1) is 5.92 Å². The molecule has 1 aliphatic carbocycles. The van der Waals surface area contributed by atoms with Gasteiger partial charge in [-0.15, -0.1) is 0 Å². The molecular formula is C13H22O3. The number of ether oxygens (including phenoxy) is 3. The topological polar surface area (TPSA) is 31.0 Å². The minimum Gasteiger partial charge on any atom is -0.496 e. The smallest absolute Gasteiger partial charge is 0.114 e. The molecule has 0 aromatic rings. The molecule has 1 unspecified atom stereocenters. The molecule has 2 fully saturated rings. The van der Waals surface area contributed by atoms with Crippen LogP contribution in [0.15, 0.2) is 12.3 Å². The molecule has 0 amide bonds. The molecule has 2 rings (SSSR count). The molecule has 2 aliphatic rings. The van der Waals surface area contributed by atoms with Crippen molar-refractivity contribution in [3.63, 3.8) is 0 Å². The van der Waals surface area contributed by atoms with Gasteiger partial charge in [0.1, 0.15) is 18.5 Å². The summed E-state index contributed by atoms with van der Waals surface area (Å²) in [6.07, 6.45) is 7.05. The van der Waals surface area contributed by atoms with Crippen LogP contribution in [0.4, 0.5) is 0 Å². The van der Waals surface area contributed by atoms with Crippen LogP contribution in [0.1, 0.15) is 32.1 Å². The van der Waals surface area contributed by atoms with Crippen molar-refractivity contribution >= 4 is 0 Å². The third kappa shape index (κ3) is 4.54. The second-order valence-corrected chi connectivity index (χ2v) is 4.82. The Hall–Kier alpha value is -0.540. The lowest BCUT2D eigenvalue weighted by Gasteiger charge is -2.22. The molecule has 1 saturated heterocycles. The Morgan fingerprint density at radius 3 is 2.62 bits per heavy atom. The van der Waals surface area contributed by atoms with Gasteiger partial charge >= 0.3 is 0 Å². The second kappa shape index (κ2) is 6.26. The van der Waals surface area contributed by atoms with Gasteiger partial charge in [-0.25, -0.2) is 0 Å². The highest BCUT2D eigenvalue weighted by Gasteiger charge is 2.22. The van der Waals surface area contributed by atoms with Crippen LogP contribution in [0.2, 0.25) is 0 Å². The Morgan fingerprint density at radius 2 is 1.94 bits per heavy atom. The van der Waals surface area contributed by atoms with Crippen molar-refractivity contribution < 1.29 is 14.2 Å². The van der Waals surface area contributed by atoms with Crippen molar-refractivity contribution in [2.24, 2.45) is 5.92 Å². The number of epoxide rings is 1. The van der Waals surface area contributed by atoms with Crippen LogP contribution in [-0.4, -0.2) is 32.5 Å². The predicted molar refractivity (Wildman–Crippen MR) is 62.2 cm³/mol. The van der Waals surface area contributed by atoms with Crippen molar-refractivity contribution in [1.82, 2.24) is 0 Å². The molecule has 1 saturated carbocycles. The van der Waals surface area contributed by atoms with Gasteiger partial charge in [0.25, 0.3) is 0 Å². The molecule has 92 valence electrons. The van der Waals surface area contributed by atoms with Gasteiger partial charge in [0, 0.05) is 0 Å². The van der Waals surface area contributed by atoms with E-state index in [1.165, 1.54) is 32.1 Å². The standard InChI is InChI=1S/C13H22O3/c1-11(7-14-9-13-10-16-13)15-8-12-5-3-2-4-6-12/h12-13H,1-10H2. The monoisotopic (exact) mass is 226 g/mol. The van der Waals surface area contributed by atoms with Gasteiger partial charge in [0.2, 0.25) is 0 Å². The fourth-order valence-electron chi connectivity index (χ4n) is 2.10. The van der Waals surface area contributed by atoms with Crippen LogP contribution in [-0.2, 0) is 14.2 Å². The minimum absolute atomic E-state index is 0.325. The van der Waals surface area contributed by atoms with Crippen LogP contribution >= 0.6 is 0 Å². The van der Waals surface area contributed by atoms with Gasteiger partial charge in [0.15, 0.2) is 0 Å². The lowest BCUT2D eigenvalue weighted by molar-refractivity contribution is 0.0715. The van der Waals surface area contributed by atoms with E-state index in [1.54, 1.807) is 0 Å². The highest BCUT2D eigenvalue weighted by atomic mass is 16.6. The summed E-state index contributed by atoms with van der Waals surface area (Å²) in [5.74, 6) is 1.49. The summed E-state index contributed by atoms with van der Waals surface area (Å²) in [5, 5.41) is 0. The molecule has 0 radical (unpaired) electrons. The van der Waals surface area contributed by atoms with E-state index in [2.05, 4.69) is 6.58 Å². The zero-order valence-electron chi connectivity index (χ0n) is 9.95. The number of hydrogen-bond donors (Lipinski definition) is 0. The van der Waals surface area contributed by atoms with Gasteiger partial charge in [0.05, 0.1) is 19.8 Å². The number of hydrogen-bond acceptors (Lipinski definition) is 3. The quantitative estimate of drug-likeness (QED) is 0.493. The minimum atomic E-state index is 0.325. The van der Waals surface area contributed by atoms with Crippen LogP contribution < -0.4 is 0 Å². The molecule has 1 heterocycles. The largest absolute Gasteiger partial charge is 0.496 e. The van der Waals surface area contributed by atoms with E-state index in [0.29, 0.717) is 19.3 Å². The van der Waals surface area contributed by atoms with E-state index in [-0.39, 0.29) is 0 Å². The zero-order valence-corrected chi connectivity index (χ0v) is 9.95. The Bertz CT molecular complexity index is 217. The molecule has 3 heteroatoms. The Balaban J connectivity index is 1.48. The summed E-state index contributed by atoms with van der Waals surface area (Å²) in [6, 6.07) is 0. The Morgan fingerprint density at radius 1 is 1.19 bits per heavy atom. The molecule has 3 nitrogen and oxygen atoms in total. The van der Waals surface area contributed by atoms with E-state index in [9.17, 15) is 0 Å². The van der Waals surface area contributed by atoms with Crippen LogP contribution in [0.25, 0.3) is 0 Å². The van der Waals surface area contributed by atoms with Gasteiger partial charge in [-0.1, -0.05) is 25.8 Å². The van der Waals surface area contributed by atoms with E-state index in [4.69, 9.17) is 14.2 Å². The van der Waals surface area contributed by atoms with Crippen molar-refractivity contribution in [3.8, 4) is 0 Å². The molecule has 0 bridgehead atoms. The average Bonchev–Trinajstić information content (AvgIpc) is 3.12. The van der Waals surface area contributed by atoms with E-state index in [0.717, 1.165) is 24.9 Å². The maximum absolute atomic E-state index is 5.62. The van der Waals surface area contributed by atoms with Crippen LogP contribution in [0.5, 0.6) is 0 Å². The first kappa shape index (κ1) is 11.9. The lowest BCUT2D eigenvalue weighted by atomic mass is 9.90. The van der Waals surface area contributed by atoms with Gasteiger partial charge in [-0.2, -0.15) is 0 Å². The summed E-state index contributed by atoms with van der Waals surface area (Å²) in [4.78, 5) is 0. The summed E-state index contributed by atoms with van der Waals surface area (Å²) in [5.41, 5.74) is 0. The highest BCUT2D eigenvalue weighted by Crippen LogP contribution is 2.24. The molecule has 16 heavy (non-hydrogen) atoms. The average molecular weight is 226 g/mol. The van der Waals surface area contributed by atoms with E-state index in [1.807, 2.05) is 0 Å². The zero-order chi connectivity index (χ0) is 11.2. The molecular weight excluding hydrogens is 204 g/mol. The number of rotatable bonds is 7. The third-order valence-corrected chi connectivity index (χ3v) is 3.22. The third-order valence-electron chi connectivity index (χ3n) is 3.22. The van der Waals surface area contributed by atoms with Crippen LogP contribution in [0.3, 0.4) is 0 Å². The molecule has 0 aromatic carbocycles. The fourth-order valence-corrected chi connectivity index (χ4v) is 2.10. The lowest BCUT2D eigenvalue weighted by Crippen LogP contribution is -2.14. The SMILES string of the molecule is C=C(COCC1CO1)OCC1CCCCC1. The van der Waals surface area contributed by atoms with Gasteiger partial charge in [-0.3, -0.25) is 0 Å². The summed E-state index contributed by atoms with van der Waals surface area (Å²) < 4.78 is 16.1. The van der Waals surface area contributed by atoms with Crippen molar-refractivity contribution in [3.05, 3.63) is 12.3 Å². The first-order valence-electron chi connectivity index (χ1n) is 6.34. The molecule has 0 spiro atoms. The fraction of sp³-hybridized carbons (Fsp3) is 0.846. The first-order chi connectivity index (χ1) is 7.84. The first-order valence-corrected chi connectivity index (χ1v) is 6.34. The summed E-state index contributed by atoms with van der Waals surface area (Å²) >= 11 is 0. The van der Waals surface area contributed by atoms with Gasteiger partial charge in [-0.05, 0) is 18.8 Å². The van der Waals surface area contributed by atoms with E-state index >= 15 is 0 Å². The molecule has 0 N–H and O–H groups in total. The maximum Gasteiger partial charge on any atom is 0.114 e. The van der Waals surface area contributed by atoms with Crippen molar-refractivity contribution in [1.29, 1.82) is 0 Å². The Labute approximate surface area is 97.8 Å². The van der Waals surface area contributed by atoms with Gasteiger partial charge < -0.3 is 14.2 Å². The molecule has 1 atom stereocenters. The highest BCUT2D eigenvalue weighted by molar-refractivity contribution is 4.83. The molecule has 1 aliphatic heterocycles. The second-order valence-electron chi connectivity index (χ2n) is 4.82. The van der Waals surface area contributed by atoms with Crippen molar-refractivity contribution in [2.45, 2.75) is 38.2 Å². The predicted octanol–water partition coefficient (Wildman–Crippen LogP) is 2.51. The molecule has 0 aromatic heterocycles. The summed E-state index contributed by atoms with van der Waals surface area (Å²) in [7, 11) is 0. The van der Waals surface area contributed by atoms with E-state index < -0.39 is 0 Å². The Kier molecular flexibility index (Phi) is 4.67. The maximum atomic E-state index is 5.62. The normalized spacial score (nSPS) is 25.4. The summed E-state index contributed by atoms with van der Waals surface area (Å²) in [6.45, 7) is 6.71.